The number of pyridine rings is 3. The van der Waals surface area contributed by atoms with Crippen LogP contribution in [0.4, 0.5) is 0 Å². The molecule has 8 rings (SSSR count). The molecule has 0 aliphatic carbocycles. The van der Waals surface area contributed by atoms with Crippen molar-refractivity contribution >= 4 is 60.4 Å². The Labute approximate surface area is 193 Å². The van der Waals surface area contributed by atoms with Gasteiger partial charge in [0.1, 0.15) is 16.8 Å². The molecular formula is C29H17N5. The van der Waals surface area contributed by atoms with Crippen LogP contribution in [0.3, 0.4) is 0 Å². The van der Waals surface area contributed by atoms with Gasteiger partial charge in [-0.3, -0.25) is 4.40 Å². The molecule has 34 heavy (non-hydrogen) atoms. The lowest BCUT2D eigenvalue weighted by Crippen LogP contribution is -1.96. The van der Waals surface area contributed by atoms with E-state index < -0.39 is 0 Å². The molecule has 0 saturated carbocycles. The molecule has 0 N–H and O–H groups in total. The maximum absolute atomic E-state index is 5.01. The Bertz CT molecular complexity index is 2070. The third-order valence-corrected chi connectivity index (χ3v) is 6.77. The number of fused-ring (bicyclic) bond motifs is 11. The first-order chi connectivity index (χ1) is 16.9. The minimum Gasteiger partial charge on any atom is -0.309 e. The van der Waals surface area contributed by atoms with E-state index in [0.717, 1.165) is 49.8 Å². The molecule has 0 saturated heterocycles. The number of hydrogen-bond donors (Lipinski definition) is 0. The highest BCUT2D eigenvalue weighted by molar-refractivity contribution is 6.21. The van der Waals surface area contributed by atoms with Crippen molar-refractivity contribution in [3.8, 4) is 5.69 Å². The van der Waals surface area contributed by atoms with Gasteiger partial charge in [-0.05, 0) is 60.0 Å². The Balaban J connectivity index is 1.67. The molecule has 0 radical (unpaired) electrons. The Hall–Kier alpha value is -4.77. The SMILES string of the molecule is c1ccc(-n2c3ccccc3c3cc4c5cccnc5n5c6ncccc6nc5c4cc32)cc1. The number of aromatic nitrogens is 5. The molecule has 5 heteroatoms. The van der Waals surface area contributed by atoms with Crippen LogP contribution in [0.15, 0.2) is 103 Å². The number of rotatable bonds is 1. The molecule has 0 atom stereocenters. The van der Waals surface area contributed by atoms with Crippen molar-refractivity contribution in [3.63, 3.8) is 0 Å². The molecule has 0 aliphatic heterocycles. The van der Waals surface area contributed by atoms with Gasteiger partial charge in [-0.15, -0.1) is 0 Å². The van der Waals surface area contributed by atoms with Crippen LogP contribution in [-0.4, -0.2) is 23.9 Å². The number of para-hydroxylation sites is 2. The molecule has 0 bridgehead atoms. The predicted molar refractivity (Wildman–Crippen MR) is 138 cm³/mol. The van der Waals surface area contributed by atoms with Crippen LogP contribution in [0, 0.1) is 0 Å². The number of hydrogen-bond acceptors (Lipinski definition) is 3. The van der Waals surface area contributed by atoms with E-state index in [0.29, 0.717) is 0 Å². The maximum atomic E-state index is 5.01. The lowest BCUT2D eigenvalue weighted by atomic mass is 10.0. The van der Waals surface area contributed by atoms with E-state index in [1.54, 1.807) is 0 Å². The van der Waals surface area contributed by atoms with Crippen molar-refractivity contribution < 1.29 is 0 Å². The first-order valence-corrected chi connectivity index (χ1v) is 11.3. The summed E-state index contributed by atoms with van der Waals surface area (Å²) < 4.78 is 4.43. The minimum absolute atomic E-state index is 0.826. The largest absolute Gasteiger partial charge is 0.309 e. The molecule has 158 valence electrons. The van der Waals surface area contributed by atoms with Gasteiger partial charge in [0.15, 0.2) is 5.65 Å². The summed E-state index contributed by atoms with van der Waals surface area (Å²) in [5.41, 5.74) is 6.93. The van der Waals surface area contributed by atoms with Gasteiger partial charge in [0.05, 0.1) is 11.0 Å². The van der Waals surface area contributed by atoms with E-state index in [1.165, 1.54) is 16.3 Å². The van der Waals surface area contributed by atoms with Gasteiger partial charge in [0.25, 0.3) is 0 Å². The Morgan fingerprint density at radius 1 is 0.500 bits per heavy atom. The summed E-state index contributed by atoms with van der Waals surface area (Å²) in [4.78, 5) is 14.4. The van der Waals surface area contributed by atoms with Crippen LogP contribution in [0.25, 0.3) is 66.1 Å². The summed E-state index contributed by atoms with van der Waals surface area (Å²) in [6, 6.07) is 31.8. The summed E-state index contributed by atoms with van der Waals surface area (Å²) in [5, 5.41) is 5.78. The Kier molecular flexibility index (Phi) is 3.34. The molecule has 3 aromatic carbocycles. The lowest BCUT2D eigenvalue weighted by Gasteiger charge is -2.10. The van der Waals surface area contributed by atoms with Gasteiger partial charge in [0, 0.05) is 39.6 Å². The van der Waals surface area contributed by atoms with E-state index in [-0.39, 0.29) is 0 Å². The molecule has 5 aromatic heterocycles. The quantitative estimate of drug-likeness (QED) is 0.270. The molecule has 5 nitrogen and oxygen atoms in total. The number of imidazole rings is 1. The third kappa shape index (κ3) is 2.20. The standard InChI is InChI=1S/C29H17N5/c1-2-8-18(9-3-1)33-25-13-5-4-10-19(25)22-16-21-20-11-6-14-30-27(20)34-28(23(21)17-26(22)33)32-24-12-7-15-31-29(24)34/h1-17H. The number of nitrogens with zero attached hydrogens (tertiary/aromatic N) is 5. The summed E-state index contributed by atoms with van der Waals surface area (Å²) in [5.74, 6) is 0. The van der Waals surface area contributed by atoms with Crippen LogP contribution in [0.1, 0.15) is 0 Å². The van der Waals surface area contributed by atoms with Crippen molar-refractivity contribution in [2.24, 2.45) is 0 Å². The Morgan fingerprint density at radius 3 is 2.18 bits per heavy atom. The van der Waals surface area contributed by atoms with Crippen LogP contribution in [0.5, 0.6) is 0 Å². The predicted octanol–water partition coefficient (Wildman–Crippen LogP) is 6.68. The van der Waals surface area contributed by atoms with Crippen molar-refractivity contribution in [3.05, 3.63) is 103 Å². The van der Waals surface area contributed by atoms with Crippen molar-refractivity contribution in [2.45, 2.75) is 0 Å². The second kappa shape index (κ2) is 6.39. The normalized spacial score (nSPS) is 12.1. The monoisotopic (exact) mass is 435 g/mol. The van der Waals surface area contributed by atoms with Gasteiger partial charge in [-0.2, -0.15) is 0 Å². The van der Waals surface area contributed by atoms with E-state index in [2.05, 4.69) is 86.7 Å². The average Bonchev–Trinajstić information content (AvgIpc) is 3.45. The molecule has 8 aromatic rings. The zero-order chi connectivity index (χ0) is 22.2. The fourth-order valence-corrected chi connectivity index (χ4v) is 5.36. The van der Waals surface area contributed by atoms with E-state index in [9.17, 15) is 0 Å². The van der Waals surface area contributed by atoms with Gasteiger partial charge in [-0.25, -0.2) is 15.0 Å². The van der Waals surface area contributed by atoms with Crippen LogP contribution < -0.4 is 0 Å². The van der Waals surface area contributed by atoms with E-state index in [1.807, 2.05) is 30.6 Å². The Morgan fingerprint density at radius 2 is 1.26 bits per heavy atom. The van der Waals surface area contributed by atoms with Crippen molar-refractivity contribution in [1.29, 1.82) is 0 Å². The first-order valence-electron chi connectivity index (χ1n) is 11.3. The highest BCUT2D eigenvalue weighted by atomic mass is 15.1. The molecule has 0 amide bonds. The number of benzene rings is 3. The smallest absolute Gasteiger partial charge is 0.166 e. The molecule has 0 spiro atoms. The highest BCUT2D eigenvalue weighted by Gasteiger charge is 2.19. The van der Waals surface area contributed by atoms with Crippen LogP contribution in [0.2, 0.25) is 0 Å². The topological polar surface area (TPSA) is 48.0 Å². The zero-order valence-electron chi connectivity index (χ0n) is 18.1. The zero-order valence-corrected chi connectivity index (χ0v) is 18.1. The summed E-state index contributed by atoms with van der Waals surface area (Å²) in [6.07, 6.45) is 3.65. The van der Waals surface area contributed by atoms with E-state index in [4.69, 9.17) is 9.97 Å². The van der Waals surface area contributed by atoms with Gasteiger partial charge in [0.2, 0.25) is 0 Å². The van der Waals surface area contributed by atoms with Crippen molar-refractivity contribution in [1.82, 2.24) is 23.9 Å². The molecule has 0 unspecified atom stereocenters. The van der Waals surface area contributed by atoms with Gasteiger partial charge >= 0.3 is 0 Å². The summed E-state index contributed by atoms with van der Waals surface area (Å²) in [7, 11) is 0. The fraction of sp³-hybridized carbons (Fsp3) is 0. The highest BCUT2D eigenvalue weighted by Crippen LogP contribution is 2.38. The van der Waals surface area contributed by atoms with Crippen LogP contribution in [-0.2, 0) is 0 Å². The minimum atomic E-state index is 0.826. The molecular weight excluding hydrogens is 418 g/mol. The summed E-state index contributed by atoms with van der Waals surface area (Å²) in [6.45, 7) is 0. The molecule has 0 fully saturated rings. The second-order valence-corrected chi connectivity index (χ2v) is 8.59. The van der Waals surface area contributed by atoms with Gasteiger partial charge in [-0.1, -0.05) is 36.4 Å². The second-order valence-electron chi connectivity index (χ2n) is 8.59. The molecule has 0 aliphatic rings. The fourth-order valence-electron chi connectivity index (χ4n) is 5.36. The van der Waals surface area contributed by atoms with Crippen molar-refractivity contribution in [2.75, 3.05) is 0 Å². The van der Waals surface area contributed by atoms with Gasteiger partial charge < -0.3 is 4.57 Å². The average molecular weight is 435 g/mol. The van der Waals surface area contributed by atoms with E-state index >= 15 is 0 Å². The summed E-state index contributed by atoms with van der Waals surface area (Å²) >= 11 is 0. The maximum Gasteiger partial charge on any atom is 0.166 e. The third-order valence-electron chi connectivity index (χ3n) is 6.77. The van der Waals surface area contributed by atoms with Crippen LogP contribution >= 0.6 is 0 Å². The lowest BCUT2D eigenvalue weighted by molar-refractivity contribution is 1.18. The molecule has 5 heterocycles. The first kappa shape index (κ1) is 17.7.